The highest BCUT2D eigenvalue weighted by Gasteiger charge is 2.37. The van der Waals surface area contributed by atoms with Gasteiger partial charge in [-0.15, -0.1) is 0 Å². The Balaban J connectivity index is 2.16. The molecule has 0 bridgehead atoms. The number of nitrogens with one attached hydrogen (secondary N) is 1. The molecule has 1 aromatic carbocycles. The van der Waals surface area contributed by atoms with Crippen LogP contribution in [0.25, 0.3) is 0 Å². The first-order valence-electron chi connectivity index (χ1n) is 7.33. The number of benzene rings is 1. The molecule has 1 aromatic rings. The third-order valence-electron chi connectivity index (χ3n) is 3.80. The van der Waals surface area contributed by atoms with E-state index in [1.54, 1.807) is 12.1 Å². The van der Waals surface area contributed by atoms with Crippen LogP contribution >= 0.6 is 0 Å². The summed E-state index contributed by atoms with van der Waals surface area (Å²) in [5.41, 5.74) is 8.01. The zero-order valence-corrected chi connectivity index (χ0v) is 13.3. The first-order valence-corrected chi connectivity index (χ1v) is 8.87. The van der Waals surface area contributed by atoms with Crippen LogP contribution in [0.15, 0.2) is 34.3 Å². The van der Waals surface area contributed by atoms with Gasteiger partial charge in [0.05, 0.1) is 4.90 Å². The maximum absolute atomic E-state index is 12.4. The van der Waals surface area contributed by atoms with Gasteiger partial charge in [0.25, 0.3) is 5.37 Å². The Morgan fingerprint density at radius 1 is 1.23 bits per heavy atom. The molecule has 22 heavy (non-hydrogen) atoms. The SMILES string of the molecule is Cc1ccc(S(=O)(=O)C(N=N)C(=O)OC2CCCCC2)cc1. The van der Waals surface area contributed by atoms with Crippen LogP contribution in [0.1, 0.15) is 37.7 Å². The van der Waals surface area contributed by atoms with E-state index in [0.717, 1.165) is 37.7 Å². The first-order chi connectivity index (χ1) is 10.4. The number of carbonyl (C=O) groups excluding carboxylic acids is 1. The topological polar surface area (TPSA) is 96.6 Å². The van der Waals surface area contributed by atoms with Crippen molar-refractivity contribution in [3.63, 3.8) is 0 Å². The monoisotopic (exact) mass is 324 g/mol. The quantitative estimate of drug-likeness (QED) is 0.665. The van der Waals surface area contributed by atoms with E-state index < -0.39 is 21.2 Å². The lowest BCUT2D eigenvalue weighted by Gasteiger charge is -2.23. The summed E-state index contributed by atoms with van der Waals surface area (Å²) in [6.07, 6.45) is 4.24. The van der Waals surface area contributed by atoms with Crippen molar-refractivity contribution in [1.82, 2.24) is 0 Å². The summed E-state index contributed by atoms with van der Waals surface area (Å²) in [6, 6.07) is 6.11. The molecule has 0 heterocycles. The number of nitrogens with zero attached hydrogens (tertiary/aromatic N) is 1. The van der Waals surface area contributed by atoms with Crippen molar-refractivity contribution in [2.75, 3.05) is 0 Å². The van der Waals surface area contributed by atoms with Gasteiger partial charge in [-0.3, -0.25) is 0 Å². The molecule has 2 rings (SSSR count). The fourth-order valence-corrected chi connectivity index (χ4v) is 3.73. The van der Waals surface area contributed by atoms with Gasteiger partial charge in [0.1, 0.15) is 6.10 Å². The van der Waals surface area contributed by atoms with Gasteiger partial charge in [-0.1, -0.05) is 24.1 Å². The van der Waals surface area contributed by atoms with Gasteiger partial charge in [0, 0.05) is 0 Å². The molecule has 120 valence electrons. The van der Waals surface area contributed by atoms with Crippen molar-refractivity contribution in [2.45, 2.75) is 55.4 Å². The number of carbonyl (C=O) groups is 1. The van der Waals surface area contributed by atoms with E-state index in [0.29, 0.717) is 0 Å². The van der Waals surface area contributed by atoms with Crippen molar-refractivity contribution in [3.05, 3.63) is 29.8 Å². The number of hydrogen-bond acceptors (Lipinski definition) is 6. The van der Waals surface area contributed by atoms with Crippen molar-refractivity contribution in [2.24, 2.45) is 5.11 Å². The minimum atomic E-state index is -4.05. The van der Waals surface area contributed by atoms with Crippen molar-refractivity contribution >= 4 is 15.8 Å². The molecule has 0 radical (unpaired) electrons. The maximum atomic E-state index is 12.4. The Hall–Kier alpha value is -1.76. The number of aryl methyl sites for hydroxylation is 1. The number of sulfone groups is 1. The lowest BCUT2D eigenvalue weighted by molar-refractivity contribution is -0.149. The number of esters is 1. The van der Waals surface area contributed by atoms with Crippen molar-refractivity contribution < 1.29 is 17.9 Å². The maximum Gasteiger partial charge on any atom is 0.349 e. The van der Waals surface area contributed by atoms with E-state index in [4.69, 9.17) is 10.3 Å². The molecule has 0 saturated heterocycles. The molecule has 0 amide bonds. The van der Waals surface area contributed by atoms with Gasteiger partial charge in [0.2, 0.25) is 9.84 Å². The Bertz CT molecular complexity index is 634. The van der Waals surface area contributed by atoms with Crippen LogP contribution in [-0.4, -0.2) is 25.9 Å². The second kappa shape index (κ2) is 7.00. The summed E-state index contributed by atoms with van der Waals surface area (Å²) in [7, 11) is -4.05. The van der Waals surface area contributed by atoms with Crippen LogP contribution < -0.4 is 0 Å². The minimum Gasteiger partial charge on any atom is -0.460 e. The number of rotatable bonds is 5. The lowest BCUT2D eigenvalue weighted by atomic mass is 9.98. The Labute approximate surface area is 130 Å². The molecule has 1 atom stereocenters. The second-order valence-corrected chi connectivity index (χ2v) is 7.54. The molecule has 1 aliphatic carbocycles. The van der Waals surface area contributed by atoms with E-state index in [-0.39, 0.29) is 11.0 Å². The standard InChI is InChI=1S/C15H20N2O4S/c1-11-7-9-13(10-8-11)22(19,20)14(17-16)15(18)21-12-5-3-2-4-6-12/h7-10,12,14,16H,2-6H2,1H3. The molecule has 7 heteroatoms. The number of ether oxygens (including phenoxy) is 1. The van der Waals surface area contributed by atoms with Crippen molar-refractivity contribution in [3.8, 4) is 0 Å². The van der Waals surface area contributed by atoms with Gasteiger partial charge in [-0.05, 0) is 44.7 Å². The van der Waals surface area contributed by atoms with Gasteiger partial charge in [-0.25, -0.2) is 18.7 Å². The van der Waals surface area contributed by atoms with Crippen LogP contribution in [0.5, 0.6) is 0 Å². The fourth-order valence-electron chi connectivity index (χ4n) is 2.51. The molecule has 1 fully saturated rings. The molecular weight excluding hydrogens is 304 g/mol. The second-order valence-electron chi connectivity index (χ2n) is 5.54. The summed E-state index contributed by atoms with van der Waals surface area (Å²) in [4.78, 5) is 12.1. The lowest BCUT2D eigenvalue weighted by Crippen LogP contribution is -2.33. The average molecular weight is 324 g/mol. The fraction of sp³-hybridized carbons (Fsp3) is 0.533. The van der Waals surface area contributed by atoms with E-state index in [9.17, 15) is 13.2 Å². The third-order valence-corrected chi connectivity index (χ3v) is 5.61. The highest BCUT2D eigenvalue weighted by atomic mass is 32.2. The summed E-state index contributed by atoms with van der Waals surface area (Å²) in [5.74, 6) is -0.956. The molecular formula is C15H20N2O4S. The van der Waals surface area contributed by atoms with Crippen molar-refractivity contribution in [1.29, 1.82) is 5.53 Å². The van der Waals surface area contributed by atoms with Gasteiger partial charge >= 0.3 is 5.97 Å². The summed E-state index contributed by atoms with van der Waals surface area (Å²) < 4.78 is 30.1. The highest BCUT2D eigenvalue weighted by Crippen LogP contribution is 2.23. The molecule has 1 N–H and O–H groups in total. The first kappa shape index (κ1) is 16.6. The molecule has 1 aliphatic rings. The van der Waals surface area contributed by atoms with Gasteiger partial charge in [-0.2, -0.15) is 5.11 Å². The Morgan fingerprint density at radius 3 is 2.36 bits per heavy atom. The van der Waals surface area contributed by atoms with Crippen LogP contribution in [-0.2, 0) is 19.4 Å². The van der Waals surface area contributed by atoms with E-state index in [2.05, 4.69) is 5.11 Å². The molecule has 6 nitrogen and oxygen atoms in total. The average Bonchev–Trinajstić information content (AvgIpc) is 2.49. The predicted octanol–water partition coefficient (Wildman–Crippen LogP) is 3.00. The summed E-state index contributed by atoms with van der Waals surface area (Å²) in [6.45, 7) is 1.83. The van der Waals surface area contributed by atoms with Crippen LogP contribution in [0.3, 0.4) is 0 Å². The van der Waals surface area contributed by atoms with E-state index >= 15 is 0 Å². The zero-order chi connectivity index (χ0) is 16.2. The van der Waals surface area contributed by atoms with Gasteiger partial charge < -0.3 is 4.74 Å². The molecule has 0 spiro atoms. The smallest absolute Gasteiger partial charge is 0.349 e. The summed E-state index contributed by atoms with van der Waals surface area (Å²) in [5, 5.41) is 1.19. The molecule has 1 saturated carbocycles. The Kier molecular flexibility index (Phi) is 5.28. The number of hydrogen-bond donors (Lipinski definition) is 1. The minimum absolute atomic E-state index is 0.0281. The van der Waals surface area contributed by atoms with Crippen LogP contribution in [0.2, 0.25) is 0 Å². The molecule has 0 aliphatic heterocycles. The van der Waals surface area contributed by atoms with Crippen LogP contribution in [0.4, 0.5) is 0 Å². The van der Waals surface area contributed by atoms with Gasteiger partial charge in [0.15, 0.2) is 0 Å². The highest BCUT2D eigenvalue weighted by molar-refractivity contribution is 7.92. The molecule has 1 unspecified atom stereocenters. The largest absolute Gasteiger partial charge is 0.460 e. The van der Waals surface area contributed by atoms with Crippen LogP contribution in [0, 0.1) is 12.5 Å². The third kappa shape index (κ3) is 3.71. The molecule has 0 aromatic heterocycles. The van der Waals surface area contributed by atoms with E-state index in [1.807, 2.05) is 6.92 Å². The van der Waals surface area contributed by atoms with E-state index in [1.165, 1.54) is 12.1 Å². The normalized spacial score (nSPS) is 17.7. The zero-order valence-electron chi connectivity index (χ0n) is 12.5. The Morgan fingerprint density at radius 2 is 1.82 bits per heavy atom. The predicted molar refractivity (Wildman–Crippen MR) is 80.3 cm³/mol. The summed E-state index contributed by atoms with van der Waals surface area (Å²) >= 11 is 0.